The summed E-state index contributed by atoms with van der Waals surface area (Å²) in [5.41, 5.74) is 1.25. The van der Waals surface area contributed by atoms with E-state index in [0.717, 1.165) is 18.5 Å². The van der Waals surface area contributed by atoms with E-state index in [1.54, 1.807) is 6.07 Å². The lowest BCUT2D eigenvalue weighted by atomic mass is 9.94. The fraction of sp³-hybridized carbons (Fsp3) is 0.571. The quantitative estimate of drug-likeness (QED) is 0.873. The molecule has 17 heavy (non-hydrogen) atoms. The molecule has 0 heterocycles. The minimum absolute atomic E-state index is 0.237. The van der Waals surface area contributed by atoms with E-state index in [1.165, 1.54) is 25.3 Å². The number of nitrogens with zero attached hydrogens (tertiary/aromatic N) is 1. The average molecular weight is 237 g/mol. The van der Waals surface area contributed by atoms with Crippen LogP contribution in [-0.2, 0) is 6.61 Å². The molecule has 1 aromatic rings. The number of rotatable bonds is 3. The molecule has 1 aliphatic carbocycles. The molecule has 0 amide bonds. The Labute approximate surface area is 102 Å². The Morgan fingerprint density at radius 1 is 1.29 bits per heavy atom. The maximum atomic E-state index is 13.6. The van der Waals surface area contributed by atoms with E-state index in [9.17, 15) is 9.50 Å². The van der Waals surface area contributed by atoms with Gasteiger partial charge in [0.1, 0.15) is 5.82 Å². The summed E-state index contributed by atoms with van der Waals surface area (Å²) in [5, 5.41) is 9.28. The van der Waals surface area contributed by atoms with Crippen molar-refractivity contribution in [3.63, 3.8) is 0 Å². The molecule has 0 bridgehead atoms. The predicted molar refractivity (Wildman–Crippen MR) is 67.6 cm³/mol. The first kappa shape index (κ1) is 12.4. The van der Waals surface area contributed by atoms with E-state index in [1.807, 2.05) is 13.1 Å². The summed E-state index contributed by atoms with van der Waals surface area (Å²) in [5.74, 6) is -0.312. The lowest BCUT2D eigenvalue weighted by Gasteiger charge is -2.34. The summed E-state index contributed by atoms with van der Waals surface area (Å²) in [4.78, 5) is 2.13. The number of benzene rings is 1. The van der Waals surface area contributed by atoms with Gasteiger partial charge in [0.2, 0.25) is 0 Å². The number of hydrogen-bond acceptors (Lipinski definition) is 2. The molecule has 0 radical (unpaired) electrons. The summed E-state index contributed by atoms with van der Waals surface area (Å²) in [6.07, 6.45) is 6.13. The summed E-state index contributed by atoms with van der Waals surface area (Å²) in [6, 6.07) is 5.49. The fourth-order valence-corrected chi connectivity index (χ4v) is 2.70. The second kappa shape index (κ2) is 5.50. The first-order valence-electron chi connectivity index (χ1n) is 6.35. The van der Waals surface area contributed by atoms with Gasteiger partial charge in [0.15, 0.2) is 0 Å². The topological polar surface area (TPSA) is 23.5 Å². The molecule has 1 aromatic carbocycles. The Kier molecular flexibility index (Phi) is 4.00. The van der Waals surface area contributed by atoms with Crippen molar-refractivity contribution in [1.82, 2.24) is 0 Å². The Morgan fingerprint density at radius 2 is 2.00 bits per heavy atom. The van der Waals surface area contributed by atoms with E-state index >= 15 is 0 Å². The van der Waals surface area contributed by atoms with E-state index in [4.69, 9.17) is 0 Å². The van der Waals surface area contributed by atoms with Crippen LogP contribution in [0.25, 0.3) is 0 Å². The van der Waals surface area contributed by atoms with Crippen molar-refractivity contribution in [2.75, 3.05) is 11.9 Å². The number of anilines is 1. The average Bonchev–Trinajstić information content (AvgIpc) is 2.38. The van der Waals surface area contributed by atoms with Crippen molar-refractivity contribution >= 4 is 5.69 Å². The van der Waals surface area contributed by atoms with Crippen LogP contribution >= 0.6 is 0 Å². The van der Waals surface area contributed by atoms with Crippen molar-refractivity contribution in [1.29, 1.82) is 0 Å². The number of aliphatic hydroxyl groups excluding tert-OH is 1. The highest BCUT2D eigenvalue weighted by Gasteiger charge is 2.21. The Bertz CT molecular complexity index is 374. The molecule has 94 valence electrons. The van der Waals surface area contributed by atoms with Crippen molar-refractivity contribution < 1.29 is 9.50 Å². The molecule has 0 saturated heterocycles. The summed E-state index contributed by atoms with van der Waals surface area (Å²) >= 11 is 0. The van der Waals surface area contributed by atoms with Gasteiger partial charge in [0.05, 0.1) is 6.61 Å². The Morgan fingerprint density at radius 3 is 2.65 bits per heavy atom. The highest BCUT2D eigenvalue weighted by molar-refractivity contribution is 5.54. The molecule has 1 fully saturated rings. The van der Waals surface area contributed by atoms with Crippen LogP contribution in [0.5, 0.6) is 0 Å². The van der Waals surface area contributed by atoms with Gasteiger partial charge in [-0.15, -0.1) is 0 Å². The number of halogens is 1. The smallest absolute Gasteiger partial charge is 0.130 e. The van der Waals surface area contributed by atoms with Crippen molar-refractivity contribution in [3.8, 4) is 0 Å². The van der Waals surface area contributed by atoms with E-state index in [0.29, 0.717) is 11.6 Å². The Balaban J connectivity index is 2.23. The van der Waals surface area contributed by atoms with Gasteiger partial charge >= 0.3 is 0 Å². The molecule has 1 saturated carbocycles. The van der Waals surface area contributed by atoms with Crippen LogP contribution in [0.1, 0.15) is 37.7 Å². The molecule has 1 N–H and O–H groups in total. The first-order chi connectivity index (χ1) is 8.24. The minimum Gasteiger partial charge on any atom is -0.391 e. The highest BCUT2D eigenvalue weighted by Crippen LogP contribution is 2.29. The van der Waals surface area contributed by atoms with Crippen LogP contribution in [0, 0.1) is 5.82 Å². The summed E-state index contributed by atoms with van der Waals surface area (Å²) in [6.45, 7) is -0.237. The van der Waals surface area contributed by atoms with Crippen LogP contribution in [0.4, 0.5) is 10.1 Å². The second-order valence-electron chi connectivity index (χ2n) is 4.80. The van der Waals surface area contributed by atoms with Gasteiger partial charge < -0.3 is 10.0 Å². The molecule has 0 unspecified atom stereocenters. The first-order valence-corrected chi connectivity index (χ1v) is 6.35. The van der Waals surface area contributed by atoms with Gasteiger partial charge in [-0.05, 0) is 25.0 Å². The van der Waals surface area contributed by atoms with E-state index in [-0.39, 0.29) is 12.4 Å². The molecule has 2 rings (SSSR count). The summed E-state index contributed by atoms with van der Waals surface area (Å²) in [7, 11) is 2.00. The molecule has 1 aliphatic rings. The standard InChI is InChI=1S/C14H20FNO/c1-16(11-6-3-2-4-7-11)14-9-5-8-13(15)12(14)10-17/h5,8-9,11,17H,2-4,6-7,10H2,1H3. The van der Waals surface area contributed by atoms with Gasteiger partial charge in [-0.3, -0.25) is 0 Å². The van der Waals surface area contributed by atoms with E-state index < -0.39 is 0 Å². The monoisotopic (exact) mass is 237 g/mol. The molecule has 2 nitrogen and oxygen atoms in total. The van der Waals surface area contributed by atoms with Gasteiger partial charge in [0, 0.05) is 24.3 Å². The third-order valence-corrected chi connectivity index (χ3v) is 3.75. The molecule has 0 aromatic heterocycles. The molecule has 0 spiro atoms. The fourth-order valence-electron chi connectivity index (χ4n) is 2.70. The SMILES string of the molecule is CN(c1cccc(F)c1CO)C1CCCCC1. The second-order valence-corrected chi connectivity index (χ2v) is 4.80. The lowest BCUT2D eigenvalue weighted by molar-refractivity contribution is 0.275. The van der Waals surface area contributed by atoms with Gasteiger partial charge in [0.25, 0.3) is 0 Å². The predicted octanol–water partition coefficient (Wildman–Crippen LogP) is 3.09. The zero-order valence-electron chi connectivity index (χ0n) is 10.3. The minimum atomic E-state index is -0.312. The molecule has 0 aliphatic heterocycles. The van der Waals surface area contributed by atoms with Gasteiger partial charge in [-0.25, -0.2) is 4.39 Å². The Hall–Kier alpha value is -1.09. The molecule has 3 heteroatoms. The zero-order chi connectivity index (χ0) is 12.3. The number of hydrogen-bond donors (Lipinski definition) is 1. The maximum absolute atomic E-state index is 13.6. The van der Waals surface area contributed by atoms with Crippen LogP contribution in [0.2, 0.25) is 0 Å². The third kappa shape index (κ3) is 2.60. The molecular formula is C14H20FNO. The zero-order valence-corrected chi connectivity index (χ0v) is 10.3. The summed E-state index contributed by atoms with van der Waals surface area (Å²) < 4.78 is 13.6. The molecular weight excluding hydrogens is 217 g/mol. The van der Waals surface area contributed by atoms with E-state index in [2.05, 4.69) is 4.90 Å². The van der Waals surface area contributed by atoms with Crippen molar-refractivity contribution in [3.05, 3.63) is 29.6 Å². The van der Waals surface area contributed by atoms with Gasteiger partial charge in [-0.2, -0.15) is 0 Å². The van der Waals surface area contributed by atoms with Crippen LogP contribution in [-0.4, -0.2) is 18.2 Å². The van der Waals surface area contributed by atoms with Crippen molar-refractivity contribution in [2.24, 2.45) is 0 Å². The van der Waals surface area contributed by atoms with Crippen LogP contribution in [0.15, 0.2) is 18.2 Å². The maximum Gasteiger partial charge on any atom is 0.130 e. The van der Waals surface area contributed by atoms with Crippen LogP contribution in [0.3, 0.4) is 0 Å². The van der Waals surface area contributed by atoms with Crippen LogP contribution < -0.4 is 4.90 Å². The van der Waals surface area contributed by atoms with Gasteiger partial charge in [-0.1, -0.05) is 25.3 Å². The van der Waals surface area contributed by atoms with Crippen molar-refractivity contribution in [2.45, 2.75) is 44.8 Å². The lowest BCUT2D eigenvalue weighted by Crippen LogP contribution is -2.34. The third-order valence-electron chi connectivity index (χ3n) is 3.75. The molecule has 0 atom stereocenters. The normalized spacial score (nSPS) is 17.1. The number of aliphatic hydroxyl groups is 1. The largest absolute Gasteiger partial charge is 0.391 e. The highest BCUT2D eigenvalue weighted by atomic mass is 19.1.